The Kier molecular flexibility index (Phi) is 9.83. The van der Waals surface area contributed by atoms with Gasteiger partial charge in [-0.3, -0.25) is 4.79 Å². The Labute approximate surface area is 255 Å². The van der Waals surface area contributed by atoms with Crippen molar-refractivity contribution in [2.45, 2.75) is 32.9 Å². The number of hydrogen-bond acceptors (Lipinski definition) is 8. The van der Waals surface area contributed by atoms with Crippen LogP contribution in [0.1, 0.15) is 30.9 Å². The molecule has 0 aliphatic carbocycles. The number of nitrogen functional groups attached to an aromatic ring is 1. The average Bonchev–Trinajstić information content (AvgIpc) is 3.42. The maximum Gasteiger partial charge on any atom is 0.248 e. The third-order valence-corrected chi connectivity index (χ3v) is 6.77. The van der Waals surface area contributed by atoms with Crippen LogP contribution in [-0.4, -0.2) is 32.2 Å². The number of carbonyl (C=O) groups excluding carboxylic acids is 1. The van der Waals surface area contributed by atoms with E-state index in [0.29, 0.717) is 40.3 Å². The molecule has 220 valence electrons. The molecule has 0 fully saturated rings. The van der Waals surface area contributed by atoms with Gasteiger partial charge in [-0.25, -0.2) is 4.98 Å². The number of nitrogens with two attached hydrogens (primary N) is 1. The third-order valence-electron chi connectivity index (χ3n) is 6.53. The summed E-state index contributed by atoms with van der Waals surface area (Å²) in [5.74, 6) is 0.747. The molecule has 3 aromatic carbocycles. The first-order chi connectivity index (χ1) is 21.0. The Morgan fingerprint density at radius 3 is 2.70 bits per heavy atom. The zero-order valence-electron chi connectivity index (χ0n) is 23.8. The molecule has 5 N–H and O–H groups in total. The van der Waals surface area contributed by atoms with Crippen LogP contribution in [0.3, 0.4) is 0 Å². The number of unbranched alkanes of at least 4 members (excludes halogenated alkanes) is 1. The van der Waals surface area contributed by atoms with Crippen LogP contribution in [0.15, 0.2) is 85.2 Å². The zero-order valence-corrected chi connectivity index (χ0v) is 24.5. The van der Waals surface area contributed by atoms with Gasteiger partial charge in [0.15, 0.2) is 17.0 Å². The first-order valence-electron chi connectivity index (χ1n) is 14.0. The number of fused-ring (bicyclic) bond motifs is 1. The van der Waals surface area contributed by atoms with Crippen molar-refractivity contribution in [3.63, 3.8) is 0 Å². The van der Waals surface area contributed by atoms with Crippen molar-refractivity contribution in [1.29, 1.82) is 0 Å². The number of carbonyl (C=O) groups is 1. The number of anilines is 5. The first kappa shape index (κ1) is 29.6. The standard InChI is InChI=1S/C32H33ClN8O2/c1-2-3-17-41-20-35-29-30(37-25-8-6-7-24(33)18-25)39-32(40-31(29)41)36-21-43-19-23-13-11-22(12-14-23)15-16-28(42)38-27-10-5-4-9-26(27)34/h4-16,18,20H,2-3,17,19,21,34H2,1H3,(H,38,42)(H2,36,37,39,40)/b16-15+. The summed E-state index contributed by atoms with van der Waals surface area (Å²) >= 11 is 6.18. The highest BCUT2D eigenvalue weighted by molar-refractivity contribution is 6.30. The molecule has 0 unspecified atom stereocenters. The predicted octanol–water partition coefficient (Wildman–Crippen LogP) is 6.84. The molecular weight excluding hydrogens is 564 g/mol. The second-order valence-electron chi connectivity index (χ2n) is 9.82. The molecule has 0 bridgehead atoms. The van der Waals surface area contributed by atoms with E-state index in [-0.39, 0.29) is 12.6 Å². The molecule has 2 aromatic heterocycles. The molecule has 0 aliphatic heterocycles. The summed E-state index contributed by atoms with van der Waals surface area (Å²) in [6.07, 6.45) is 7.09. The number of nitrogens with zero attached hydrogens (tertiary/aromatic N) is 4. The number of ether oxygens (including phenoxy) is 1. The molecule has 5 rings (SSSR count). The molecule has 2 heterocycles. The van der Waals surface area contributed by atoms with Crippen LogP contribution in [-0.2, 0) is 22.7 Å². The number of aryl methyl sites for hydroxylation is 1. The Bertz CT molecular complexity index is 1720. The second kappa shape index (κ2) is 14.3. The van der Waals surface area contributed by atoms with Gasteiger partial charge >= 0.3 is 0 Å². The summed E-state index contributed by atoms with van der Waals surface area (Å²) in [4.78, 5) is 26.2. The minimum atomic E-state index is -0.254. The Balaban J connectivity index is 1.18. The number of halogens is 1. The second-order valence-corrected chi connectivity index (χ2v) is 10.3. The van der Waals surface area contributed by atoms with Crippen molar-refractivity contribution in [3.05, 3.63) is 101 Å². The van der Waals surface area contributed by atoms with Gasteiger partial charge in [0.1, 0.15) is 6.73 Å². The number of imidazole rings is 1. The number of nitrogens with one attached hydrogen (secondary N) is 3. The molecule has 0 aliphatic rings. The summed E-state index contributed by atoms with van der Waals surface area (Å²) in [7, 11) is 0. The Morgan fingerprint density at radius 2 is 1.91 bits per heavy atom. The number of aromatic nitrogens is 4. The Morgan fingerprint density at radius 1 is 1.07 bits per heavy atom. The van der Waals surface area contributed by atoms with E-state index in [1.54, 1.807) is 24.5 Å². The van der Waals surface area contributed by atoms with Gasteiger partial charge in [-0.15, -0.1) is 0 Å². The van der Waals surface area contributed by atoms with E-state index < -0.39 is 0 Å². The lowest BCUT2D eigenvalue weighted by atomic mass is 10.1. The van der Waals surface area contributed by atoms with Crippen LogP contribution < -0.4 is 21.7 Å². The fraction of sp³-hybridized carbons (Fsp3) is 0.188. The molecule has 0 atom stereocenters. The van der Waals surface area contributed by atoms with Crippen LogP contribution in [0.4, 0.5) is 28.8 Å². The lowest BCUT2D eigenvalue weighted by molar-refractivity contribution is -0.111. The number of para-hydroxylation sites is 2. The van der Waals surface area contributed by atoms with E-state index in [9.17, 15) is 4.79 Å². The fourth-order valence-electron chi connectivity index (χ4n) is 4.27. The van der Waals surface area contributed by atoms with Gasteiger partial charge in [0.05, 0.1) is 24.3 Å². The van der Waals surface area contributed by atoms with Crippen LogP contribution >= 0.6 is 11.6 Å². The van der Waals surface area contributed by atoms with Gasteiger partial charge in [-0.05, 0) is 54.0 Å². The maximum absolute atomic E-state index is 12.2. The third kappa shape index (κ3) is 8.09. The molecular formula is C32H33ClN8O2. The highest BCUT2D eigenvalue weighted by atomic mass is 35.5. The Hall–Kier alpha value is -4.93. The zero-order chi connectivity index (χ0) is 30.0. The van der Waals surface area contributed by atoms with Gasteiger partial charge in [-0.1, -0.05) is 67.4 Å². The lowest BCUT2D eigenvalue weighted by Gasteiger charge is -2.11. The molecule has 43 heavy (non-hydrogen) atoms. The van der Waals surface area contributed by atoms with Crippen LogP contribution in [0, 0.1) is 0 Å². The monoisotopic (exact) mass is 596 g/mol. The first-order valence-corrected chi connectivity index (χ1v) is 14.4. The lowest BCUT2D eigenvalue weighted by Crippen LogP contribution is -2.11. The SMILES string of the molecule is CCCCn1cnc2c(Nc3cccc(Cl)c3)nc(NCOCc3ccc(/C=C/C(=O)Nc4ccccc4N)cc3)nc21. The minimum absolute atomic E-state index is 0.204. The molecule has 0 spiro atoms. The largest absolute Gasteiger partial charge is 0.397 e. The smallest absolute Gasteiger partial charge is 0.248 e. The normalized spacial score (nSPS) is 11.2. The van der Waals surface area contributed by atoms with E-state index in [1.807, 2.05) is 65.2 Å². The van der Waals surface area contributed by atoms with Crippen molar-refractivity contribution in [2.24, 2.45) is 0 Å². The van der Waals surface area contributed by atoms with Gasteiger partial charge in [0.25, 0.3) is 0 Å². The summed E-state index contributed by atoms with van der Waals surface area (Å²) in [6, 6.07) is 22.3. The van der Waals surface area contributed by atoms with Gasteiger partial charge in [0.2, 0.25) is 11.9 Å². The van der Waals surface area contributed by atoms with E-state index >= 15 is 0 Å². The van der Waals surface area contributed by atoms with E-state index in [4.69, 9.17) is 27.1 Å². The van der Waals surface area contributed by atoms with E-state index in [2.05, 4.69) is 32.8 Å². The predicted molar refractivity (Wildman–Crippen MR) is 173 cm³/mol. The average molecular weight is 597 g/mol. The number of hydrogen-bond donors (Lipinski definition) is 4. The van der Waals surface area contributed by atoms with Crippen molar-refractivity contribution < 1.29 is 9.53 Å². The highest BCUT2D eigenvalue weighted by Gasteiger charge is 2.14. The molecule has 0 saturated carbocycles. The molecule has 10 nitrogen and oxygen atoms in total. The van der Waals surface area contributed by atoms with Gasteiger partial charge in [0, 0.05) is 23.3 Å². The van der Waals surface area contributed by atoms with E-state index in [0.717, 1.165) is 41.8 Å². The minimum Gasteiger partial charge on any atom is -0.397 e. The topological polar surface area (TPSA) is 132 Å². The number of benzene rings is 3. The van der Waals surface area contributed by atoms with Gasteiger partial charge in [-0.2, -0.15) is 9.97 Å². The quantitative estimate of drug-likeness (QED) is 0.0502. The summed E-state index contributed by atoms with van der Waals surface area (Å²) in [6.45, 7) is 3.55. The van der Waals surface area contributed by atoms with Crippen molar-refractivity contribution in [1.82, 2.24) is 19.5 Å². The van der Waals surface area contributed by atoms with Crippen LogP contribution in [0.25, 0.3) is 17.2 Å². The molecule has 5 aromatic rings. The van der Waals surface area contributed by atoms with Gasteiger partial charge < -0.3 is 31.0 Å². The van der Waals surface area contributed by atoms with Crippen molar-refractivity contribution >= 4 is 63.6 Å². The van der Waals surface area contributed by atoms with Crippen molar-refractivity contribution in [3.8, 4) is 0 Å². The highest BCUT2D eigenvalue weighted by Crippen LogP contribution is 2.26. The molecule has 0 saturated heterocycles. The van der Waals surface area contributed by atoms with E-state index in [1.165, 1.54) is 6.08 Å². The number of rotatable bonds is 13. The van der Waals surface area contributed by atoms with Crippen LogP contribution in [0.2, 0.25) is 5.02 Å². The number of amides is 1. The summed E-state index contributed by atoms with van der Waals surface area (Å²) < 4.78 is 7.89. The maximum atomic E-state index is 12.2. The summed E-state index contributed by atoms with van der Waals surface area (Å²) in [5, 5.41) is 9.89. The van der Waals surface area contributed by atoms with Crippen molar-refractivity contribution in [2.75, 3.05) is 28.4 Å². The molecule has 11 heteroatoms. The fourth-order valence-corrected chi connectivity index (χ4v) is 4.46. The molecule has 1 amide bonds. The molecule has 0 radical (unpaired) electrons. The summed E-state index contributed by atoms with van der Waals surface area (Å²) in [5.41, 5.74) is 11.1. The van der Waals surface area contributed by atoms with Crippen LogP contribution in [0.5, 0.6) is 0 Å².